The molecule has 36 heavy (non-hydrogen) atoms. The number of rotatable bonds is 9. The van der Waals surface area contributed by atoms with E-state index in [0.29, 0.717) is 17.8 Å². The van der Waals surface area contributed by atoms with Crippen LogP contribution in [0.4, 0.5) is 5.82 Å². The van der Waals surface area contributed by atoms with Gasteiger partial charge in [0.05, 0.1) is 5.56 Å². The maximum absolute atomic E-state index is 6.35. The number of nitrogens with two attached hydrogens (primary N) is 1. The fourth-order valence-electron chi connectivity index (χ4n) is 5.65. The first kappa shape index (κ1) is 24.9. The molecule has 2 N–H and O–H groups in total. The van der Waals surface area contributed by atoms with Crippen LogP contribution in [-0.2, 0) is 6.42 Å². The topological polar surface area (TPSA) is 71.8 Å². The summed E-state index contributed by atoms with van der Waals surface area (Å²) < 4.78 is 2.26. The van der Waals surface area contributed by atoms with E-state index in [1.807, 2.05) is 5.38 Å². The number of aromatic nitrogens is 2. The van der Waals surface area contributed by atoms with Crippen molar-refractivity contribution in [3.05, 3.63) is 70.9 Å². The van der Waals surface area contributed by atoms with Gasteiger partial charge in [0, 0.05) is 49.0 Å². The quantitative estimate of drug-likeness (QED) is 0.122. The standard InChI is InChI=1S/C28H33ClN6S/c1-31-27-25(26(30)33-19-29)24(28-32-12-16-36-28)18-35(27)23-8-7-22(17-23)21-10-14-34(15-11-21)13-9-20-5-3-2-4-6-20/h2-6,10,12,16,18,22-23H,1,7-9,11,13-15,17,19H2,(H2,30,33). The molecule has 0 spiro atoms. The smallest absolute Gasteiger partial charge is 0.143 e. The summed E-state index contributed by atoms with van der Waals surface area (Å²) in [6, 6.07) is 11.2. The largest absolute Gasteiger partial charge is 0.383 e. The molecule has 8 heteroatoms. The molecule has 2 aliphatic rings. The molecule has 1 saturated carbocycles. The van der Waals surface area contributed by atoms with Crippen LogP contribution in [0.2, 0.25) is 0 Å². The molecule has 0 bridgehead atoms. The first-order valence-corrected chi connectivity index (χ1v) is 14.0. The van der Waals surface area contributed by atoms with Crippen molar-refractivity contribution >= 4 is 41.3 Å². The van der Waals surface area contributed by atoms with Gasteiger partial charge in [-0.15, -0.1) is 22.9 Å². The Balaban J connectivity index is 1.29. The normalized spacial score (nSPS) is 21.0. The Morgan fingerprint density at radius 2 is 2.11 bits per heavy atom. The van der Waals surface area contributed by atoms with E-state index in [1.165, 1.54) is 12.0 Å². The Bertz CT molecular complexity index is 1230. The second-order valence-corrected chi connectivity index (χ2v) is 10.7. The average molecular weight is 521 g/mol. The van der Waals surface area contributed by atoms with Gasteiger partial charge < -0.3 is 10.3 Å². The molecule has 1 aromatic carbocycles. The number of aliphatic imine (C=N–C) groups is 2. The summed E-state index contributed by atoms with van der Waals surface area (Å²) in [5.74, 6) is 1.77. The highest BCUT2D eigenvalue weighted by Crippen LogP contribution is 2.45. The van der Waals surface area contributed by atoms with Gasteiger partial charge in [0.1, 0.15) is 22.7 Å². The first-order chi connectivity index (χ1) is 17.7. The van der Waals surface area contributed by atoms with Crippen molar-refractivity contribution in [2.24, 2.45) is 21.6 Å². The monoisotopic (exact) mass is 520 g/mol. The summed E-state index contributed by atoms with van der Waals surface area (Å²) in [6.07, 6.45) is 12.1. The van der Waals surface area contributed by atoms with Crippen molar-refractivity contribution in [2.75, 3.05) is 25.6 Å². The molecule has 188 valence electrons. The lowest BCUT2D eigenvalue weighted by Crippen LogP contribution is -2.31. The van der Waals surface area contributed by atoms with E-state index in [-0.39, 0.29) is 6.00 Å². The number of hydrogen-bond donors (Lipinski definition) is 1. The second kappa shape index (κ2) is 11.5. The van der Waals surface area contributed by atoms with Crippen LogP contribution in [0.25, 0.3) is 10.6 Å². The zero-order chi connectivity index (χ0) is 24.9. The van der Waals surface area contributed by atoms with Crippen molar-refractivity contribution in [3.63, 3.8) is 0 Å². The number of nitrogens with zero attached hydrogens (tertiary/aromatic N) is 5. The highest BCUT2D eigenvalue weighted by atomic mass is 35.5. The SMILES string of the molecule is C=Nc1c(/C(N)=N\CCl)c(-c2nccs2)cn1C1CCC(C2=CCN(CCc3ccccc3)CC2)C1. The predicted molar refractivity (Wildman–Crippen MR) is 152 cm³/mol. The molecule has 6 nitrogen and oxygen atoms in total. The van der Waals surface area contributed by atoms with E-state index < -0.39 is 0 Å². The van der Waals surface area contributed by atoms with Gasteiger partial charge in [-0.2, -0.15) is 0 Å². The Labute approximate surface area is 222 Å². The van der Waals surface area contributed by atoms with Crippen LogP contribution in [0.5, 0.6) is 0 Å². The van der Waals surface area contributed by atoms with Crippen LogP contribution in [0.3, 0.4) is 0 Å². The van der Waals surface area contributed by atoms with Crippen LogP contribution >= 0.6 is 22.9 Å². The third-order valence-corrected chi connectivity index (χ3v) is 8.44. The molecule has 2 atom stereocenters. The lowest BCUT2D eigenvalue weighted by atomic mass is 9.92. The first-order valence-electron chi connectivity index (χ1n) is 12.6. The lowest BCUT2D eigenvalue weighted by molar-refractivity contribution is 0.290. The average Bonchev–Trinajstić information content (AvgIpc) is 3.68. The molecule has 0 amide bonds. The molecule has 3 heterocycles. The molecule has 2 unspecified atom stereocenters. The van der Waals surface area contributed by atoms with E-state index in [9.17, 15) is 0 Å². The van der Waals surface area contributed by atoms with Crippen LogP contribution in [-0.4, -0.2) is 52.6 Å². The van der Waals surface area contributed by atoms with Gasteiger partial charge in [-0.1, -0.05) is 42.0 Å². The van der Waals surface area contributed by atoms with Gasteiger partial charge in [0.15, 0.2) is 0 Å². The summed E-state index contributed by atoms with van der Waals surface area (Å²) in [6.45, 7) is 7.18. The van der Waals surface area contributed by atoms with Crippen LogP contribution < -0.4 is 5.73 Å². The number of benzene rings is 1. The van der Waals surface area contributed by atoms with Gasteiger partial charge in [-0.3, -0.25) is 9.89 Å². The number of hydrogen-bond acceptors (Lipinski definition) is 5. The van der Waals surface area contributed by atoms with E-state index in [2.05, 4.69) is 73.8 Å². The van der Waals surface area contributed by atoms with Crippen LogP contribution in [0.1, 0.15) is 42.9 Å². The summed E-state index contributed by atoms with van der Waals surface area (Å²) in [5.41, 5.74) is 11.1. The van der Waals surface area contributed by atoms with Crippen molar-refractivity contribution < 1.29 is 0 Å². The summed E-state index contributed by atoms with van der Waals surface area (Å²) in [5, 5.41) is 2.87. The molecular formula is C28H33ClN6S. The third-order valence-electron chi connectivity index (χ3n) is 7.52. The van der Waals surface area contributed by atoms with E-state index in [4.69, 9.17) is 17.3 Å². The Morgan fingerprint density at radius 1 is 1.25 bits per heavy atom. The highest BCUT2D eigenvalue weighted by molar-refractivity contribution is 7.13. The minimum absolute atomic E-state index is 0.104. The molecule has 0 radical (unpaired) electrons. The van der Waals surface area contributed by atoms with Crippen LogP contribution in [0, 0.1) is 5.92 Å². The van der Waals surface area contributed by atoms with Crippen molar-refractivity contribution in [2.45, 2.75) is 38.1 Å². The highest BCUT2D eigenvalue weighted by Gasteiger charge is 2.32. The van der Waals surface area contributed by atoms with E-state index >= 15 is 0 Å². The molecule has 0 saturated heterocycles. The van der Waals surface area contributed by atoms with Gasteiger partial charge in [-0.25, -0.2) is 9.98 Å². The summed E-state index contributed by atoms with van der Waals surface area (Å²) in [4.78, 5) is 15.8. The maximum Gasteiger partial charge on any atom is 0.143 e. The molecule has 5 rings (SSSR count). The van der Waals surface area contributed by atoms with E-state index in [0.717, 1.165) is 67.3 Å². The second-order valence-electron chi connectivity index (χ2n) is 9.54. The fourth-order valence-corrected chi connectivity index (χ4v) is 6.43. The third kappa shape index (κ3) is 5.33. The number of amidine groups is 1. The van der Waals surface area contributed by atoms with Gasteiger partial charge in [-0.05, 0) is 50.3 Å². The molecule has 1 aliphatic carbocycles. The van der Waals surface area contributed by atoms with Gasteiger partial charge >= 0.3 is 0 Å². The number of thiazole rings is 1. The Hall–Kier alpha value is -2.74. The maximum atomic E-state index is 6.35. The van der Waals surface area contributed by atoms with Gasteiger partial charge in [0.2, 0.25) is 0 Å². The number of halogens is 1. The Morgan fingerprint density at radius 3 is 2.81 bits per heavy atom. The molecule has 1 fully saturated rings. The summed E-state index contributed by atoms with van der Waals surface area (Å²) >= 11 is 7.46. The van der Waals surface area contributed by atoms with Crippen molar-refractivity contribution in [3.8, 4) is 10.6 Å². The van der Waals surface area contributed by atoms with Gasteiger partial charge in [0.25, 0.3) is 0 Å². The van der Waals surface area contributed by atoms with Crippen LogP contribution in [0.15, 0.2) is 69.7 Å². The summed E-state index contributed by atoms with van der Waals surface area (Å²) in [7, 11) is 0. The molecule has 3 aromatic rings. The van der Waals surface area contributed by atoms with Crippen molar-refractivity contribution in [1.82, 2.24) is 14.5 Å². The molecule has 2 aromatic heterocycles. The zero-order valence-corrected chi connectivity index (χ0v) is 22.1. The van der Waals surface area contributed by atoms with Crippen molar-refractivity contribution in [1.29, 1.82) is 0 Å². The number of alkyl halides is 1. The zero-order valence-electron chi connectivity index (χ0n) is 20.5. The predicted octanol–water partition coefficient (Wildman–Crippen LogP) is 6.06. The van der Waals surface area contributed by atoms with E-state index in [1.54, 1.807) is 23.1 Å². The minimum atomic E-state index is 0.104. The Kier molecular flexibility index (Phi) is 7.99. The fraction of sp³-hybridized carbons (Fsp3) is 0.393. The molecular weight excluding hydrogens is 488 g/mol. The lowest BCUT2D eigenvalue weighted by Gasteiger charge is -2.28. The molecule has 1 aliphatic heterocycles. The minimum Gasteiger partial charge on any atom is -0.383 e.